The highest BCUT2D eigenvalue weighted by Crippen LogP contribution is 2.53. The Labute approximate surface area is 150 Å². The first kappa shape index (κ1) is 15.7. The van der Waals surface area contributed by atoms with E-state index in [4.69, 9.17) is 5.73 Å². The standard InChI is InChI=1S/C21H29N3O/c22-18-5-6-24(12-18)19-3-1-15(2-4-19)21(25)23-20-16-8-13-7-14(10-16)11-17(20)9-13/h1-4,13-14,16-18,20H,5-12,22H2,(H,23,25)/t13?,14?,16?,17?,18-,20?/m1/s1. The summed E-state index contributed by atoms with van der Waals surface area (Å²) in [6.45, 7) is 1.93. The van der Waals surface area contributed by atoms with Gasteiger partial charge in [0.1, 0.15) is 0 Å². The molecule has 4 heteroatoms. The predicted molar refractivity (Wildman–Crippen MR) is 99.5 cm³/mol. The fourth-order valence-corrected chi connectivity index (χ4v) is 6.24. The Morgan fingerprint density at radius 2 is 1.64 bits per heavy atom. The van der Waals surface area contributed by atoms with E-state index in [1.807, 2.05) is 12.1 Å². The van der Waals surface area contributed by atoms with Crippen LogP contribution >= 0.6 is 0 Å². The number of amides is 1. The summed E-state index contributed by atoms with van der Waals surface area (Å²) in [4.78, 5) is 15.1. The fourth-order valence-electron chi connectivity index (χ4n) is 6.24. The van der Waals surface area contributed by atoms with Crippen LogP contribution in [0, 0.1) is 23.7 Å². The molecule has 0 aromatic heterocycles. The van der Waals surface area contributed by atoms with Crippen LogP contribution in [0.1, 0.15) is 48.9 Å². The molecule has 0 unspecified atom stereocenters. The van der Waals surface area contributed by atoms with Crippen LogP contribution in [0.5, 0.6) is 0 Å². The molecule has 4 nitrogen and oxygen atoms in total. The molecule has 4 aliphatic carbocycles. The molecule has 3 N–H and O–H groups in total. The molecule has 5 aliphatic rings. The van der Waals surface area contributed by atoms with Crippen molar-refractivity contribution >= 4 is 11.6 Å². The quantitative estimate of drug-likeness (QED) is 0.890. The lowest BCUT2D eigenvalue weighted by Crippen LogP contribution is -2.55. The summed E-state index contributed by atoms with van der Waals surface area (Å²) in [5, 5.41) is 3.40. The number of rotatable bonds is 3. The molecule has 1 aromatic rings. The van der Waals surface area contributed by atoms with E-state index in [1.165, 1.54) is 37.8 Å². The third-order valence-corrected chi connectivity index (χ3v) is 7.24. The minimum atomic E-state index is 0.113. The minimum absolute atomic E-state index is 0.113. The van der Waals surface area contributed by atoms with Gasteiger partial charge in [0.15, 0.2) is 0 Å². The molecule has 0 radical (unpaired) electrons. The average molecular weight is 339 g/mol. The molecule has 1 aromatic carbocycles. The second-order valence-electron chi connectivity index (χ2n) is 8.97. The zero-order chi connectivity index (χ0) is 17.0. The Hall–Kier alpha value is -1.55. The van der Waals surface area contributed by atoms with E-state index in [0.717, 1.165) is 48.7 Å². The highest BCUT2D eigenvalue weighted by atomic mass is 16.1. The molecular formula is C21H29N3O. The monoisotopic (exact) mass is 339 g/mol. The molecule has 4 saturated carbocycles. The van der Waals surface area contributed by atoms with Crippen molar-refractivity contribution in [3.63, 3.8) is 0 Å². The maximum atomic E-state index is 12.8. The summed E-state index contributed by atoms with van der Waals surface area (Å²) in [6, 6.07) is 8.79. The van der Waals surface area contributed by atoms with Crippen LogP contribution in [-0.2, 0) is 0 Å². The number of nitrogens with zero attached hydrogens (tertiary/aromatic N) is 1. The first-order chi connectivity index (χ1) is 12.2. The first-order valence-corrected chi connectivity index (χ1v) is 10.1. The number of nitrogens with two attached hydrogens (primary N) is 1. The zero-order valence-corrected chi connectivity index (χ0v) is 14.9. The van der Waals surface area contributed by atoms with Gasteiger partial charge in [-0.1, -0.05) is 0 Å². The van der Waals surface area contributed by atoms with E-state index in [0.29, 0.717) is 6.04 Å². The second kappa shape index (κ2) is 6.01. The number of anilines is 1. The largest absolute Gasteiger partial charge is 0.370 e. The molecule has 25 heavy (non-hydrogen) atoms. The van der Waals surface area contributed by atoms with Gasteiger partial charge in [-0.2, -0.15) is 0 Å². The van der Waals surface area contributed by atoms with E-state index in [-0.39, 0.29) is 11.9 Å². The van der Waals surface area contributed by atoms with Crippen LogP contribution in [-0.4, -0.2) is 31.1 Å². The number of carbonyl (C=O) groups excluding carboxylic acids is 1. The number of hydrogen-bond donors (Lipinski definition) is 2. The summed E-state index contributed by atoms with van der Waals surface area (Å²) < 4.78 is 0. The number of hydrogen-bond acceptors (Lipinski definition) is 3. The first-order valence-electron chi connectivity index (χ1n) is 10.1. The molecule has 134 valence electrons. The maximum absolute atomic E-state index is 12.8. The van der Waals surface area contributed by atoms with Gasteiger partial charge in [0.2, 0.25) is 0 Å². The summed E-state index contributed by atoms with van der Waals surface area (Å²) in [6.07, 6.45) is 7.86. The predicted octanol–water partition coefficient (Wildman–Crippen LogP) is 2.78. The van der Waals surface area contributed by atoms with Crippen LogP contribution in [0.2, 0.25) is 0 Å². The molecule has 1 heterocycles. The second-order valence-corrected chi connectivity index (χ2v) is 8.97. The molecule has 1 aliphatic heterocycles. The number of carbonyl (C=O) groups is 1. The van der Waals surface area contributed by atoms with Crippen molar-refractivity contribution in [2.75, 3.05) is 18.0 Å². The molecule has 6 rings (SSSR count). The van der Waals surface area contributed by atoms with Gasteiger partial charge in [-0.3, -0.25) is 4.79 Å². The van der Waals surface area contributed by atoms with Gasteiger partial charge in [0.05, 0.1) is 0 Å². The van der Waals surface area contributed by atoms with Gasteiger partial charge in [0.25, 0.3) is 5.91 Å². The lowest BCUT2D eigenvalue weighted by Gasteiger charge is -2.54. The average Bonchev–Trinajstić information content (AvgIpc) is 3.04. The van der Waals surface area contributed by atoms with Gasteiger partial charge in [0, 0.05) is 36.4 Å². The van der Waals surface area contributed by atoms with Crippen molar-refractivity contribution in [3.05, 3.63) is 29.8 Å². The zero-order valence-electron chi connectivity index (χ0n) is 14.9. The van der Waals surface area contributed by atoms with Gasteiger partial charge in [-0.05, 0) is 86.5 Å². The van der Waals surface area contributed by atoms with E-state index in [9.17, 15) is 4.79 Å². The molecule has 1 saturated heterocycles. The van der Waals surface area contributed by atoms with Crippen molar-refractivity contribution in [1.82, 2.24) is 5.32 Å². The summed E-state index contributed by atoms with van der Waals surface area (Å²) in [5.74, 6) is 3.46. The highest BCUT2D eigenvalue weighted by Gasteiger charge is 2.48. The Morgan fingerprint density at radius 1 is 1.00 bits per heavy atom. The van der Waals surface area contributed by atoms with Gasteiger partial charge >= 0.3 is 0 Å². The normalized spacial score (nSPS) is 39.0. The third kappa shape index (κ3) is 2.84. The SMILES string of the molecule is N[C@@H]1CCN(c2ccc(C(=O)NC3C4CC5CC(C4)CC3C5)cc2)C1. The number of benzene rings is 1. The lowest BCUT2D eigenvalue weighted by molar-refractivity contribution is -0.0119. The highest BCUT2D eigenvalue weighted by molar-refractivity contribution is 5.94. The molecule has 1 atom stereocenters. The Balaban J connectivity index is 1.25. The lowest BCUT2D eigenvalue weighted by atomic mass is 9.54. The van der Waals surface area contributed by atoms with Gasteiger partial charge in [-0.15, -0.1) is 0 Å². The summed E-state index contributed by atoms with van der Waals surface area (Å²) >= 11 is 0. The maximum Gasteiger partial charge on any atom is 0.251 e. The van der Waals surface area contributed by atoms with E-state index >= 15 is 0 Å². The minimum Gasteiger partial charge on any atom is -0.370 e. The van der Waals surface area contributed by atoms with Crippen molar-refractivity contribution in [3.8, 4) is 0 Å². The molecule has 0 spiro atoms. The smallest absolute Gasteiger partial charge is 0.251 e. The Bertz CT molecular complexity index is 628. The summed E-state index contributed by atoms with van der Waals surface area (Å²) in [5.41, 5.74) is 7.97. The van der Waals surface area contributed by atoms with Crippen molar-refractivity contribution in [2.24, 2.45) is 29.4 Å². The van der Waals surface area contributed by atoms with Crippen LogP contribution in [0.15, 0.2) is 24.3 Å². The van der Waals surface area contributed by atoms with Gasteiger partial charge < -0.3 is 16.0 Å². The Kier molecular flexibility index (Phi) is 3.77. The van der Waals surface area contributed by atoms with E-state index in [2.05, 4.69) is 22.3 Å². The molecular weight excluding hydrogens is 310 g/mol. The summed E-state index contributed by atoms with van der Waals surface area (Å²) in [7, 11) is 0. The molecule has 5 fully saturated rings. The van der Waals surface area contributed by atoms with Crippen molar-refractivity contribution < 1.29 is 4.79 Å². The molecule has 4 bridgehead atoms. The third-order valence-electron chi connectivity index (χ3n) is 7.24. The van der Waals surface area contributed by atoms with Crippen LogP contribution in [0.4, 0.5) is 5.69 Å². The van der Waals surface area contributed by atoms with E-state index < -0.39 is 0 Å². The fraction of sp³-hybridized carbons (Fsp3) is 0.667. The van der Waals surface area contributed by atoms with Crippen molar-refractivity contribution in [1.29, 1.82) is 0 Å². The Morgan fingerprint density at radius 3 is 2.20 bits per heavy atom. The van der Waals surface area contributed by atoms with Crippen molar-refractivity contribution in [2.45, 2.75) is 50.6 Å². The van der Waals surface area contributed by atoms with E-state index in [1.54, 1.807) is 0 Å². The number of nitrogens with one attached hydrogen (secondary N) is 1. The molecule has 1 amide bonds. The van der Waals surface area contributed by atoms with Gasteiger partial charge in [-0.25, -0.2) is 0 Å². The van der Waals surface area contributed by atoms with Crippen LogP contribution in [0.3, 0.4) is 0 Å². The van der Waals surface area contributed by atoms with Crippen LogP contribution < -0.4 is 16.0 Å². The van der Waals surface area contributed by atoms with Crippen LogP contribution in [0.25, 0.3) is 0 Å². The topological polar surface area (TPSA) is 58.4 Å².